The highest BCUT2D eigenvalue weighted by molar-refractivity contribution is 5.99. The largest absolute Gasteiger partial charge is 0.493 e. The SMILES string of the molecule is C=CCc1ccc(OCC(=O)OCC(=O)c2ccc(N3CCCC3=O)cc2)c(OC)c1. The molecule has 2 aromatic carbocycles. The molecule has 1 aliphatic rings. The Kier molecular flexibility index (Phi) is 7.43. The minimum atomic E-state index is -0.662. The third kappa shape index (κ3) is 5.72. The fraction of sp³-hybridized carbons (Fsp3) is 0.292. The van der Waals surface area contributed by atoms with Crippen LogP contribution in [0, 0.1) is 0 Å². The van der Waals surface area contributed by atoms with Gasteiger partial charge in [-0.2, -0.15) is 0 Å². The highest BCUT2D eigenvalue weighted by Gasteiger charge is 2.21. The Bertz CT molecular complexity index is 967. The molecule has 0 atom stereocenters. The van der Waals surface area contributed by atoms with Gasteiger partial charge in [0.2, 0.25) is 5.91 Å². The van der Waals surface area contributed by atoms with Gasteiger partial charge in [0.1, 0.15) is 0 Å². The van der Waals surface area contributed by atoms with E-state index in [0.717, 1.165) is 17.7 Å². The van der Waals surface area contributed by atoms with Crippen LogP contribution in [0.5, 0.6) is 11.5 Å². The number of ether oxygens (including phenoxy) is 3. The van der Waals surface area contributed by atoms with Gasteiger partial charge in [-0.05, 0) is 54.8 Å². The van der Waals surface area contributed by atoms with Crippen LogP contribution in [0.25, 0.3) is 0 Å². The summed E-state index contributed by atoms with van der Waals surface area (Å²) in [4.78, 5) is 37.8. The van der Waals surface area contributed by atoms with Crippen molar-refractivity contribution >= 4 is 23.3 Å². The summed E-state index contributed by atoms with van der Waals surface area (Å²) in [6, 6.07) is 12.1. The summed E-state index contributed by atoms with van der Waals surface area (Å²) in [5.74, 6) is -0.00529. The van der Waals surface area contributed by atoms with Gasteiger partial charge in [-0.3, -0.25) is 9.59 Å². The molecule has 7 nitrogen and oxygen atoms in total. The van der Waals surface area contributed by atoms with Crippen molar-refractivity contribution in [2.75, 3.05) is 31.8 Å². The fourth-order valence-electron chi connectivity index (χ4n) is 3.28. The smallest absolute Gasteiger partial charge is 0.344 e. The number of ketones is 1. The molecule has 0 N–H and O–H groups in total. The summed E-state index contributed by atoms with van der Waals surface area (Å²) >= 11 is 0. The lowest BCUT2D eigenvalue weighted by molar-refractivity contribution is -0.144. The Labute approximate surface area is 181 Å². The molecule has 0 saturated carbocycles. The van der Waals surface area contributed by atoms with Crippen LogP contribution in [0.15, 0.2) is 55.1 Å². The number of anilines is 1. The van der Waals surface area contributed by atoms with Crippen molar-refractivity contribution in [1.29, 1.82) is 0 Å². The van der Waals surface area contributed by atoms with Gasteiger partial charge in [0.15, 0.2) is 30.5 Å². The Morgan fingerprint density at radius 2 is 1.87 bits per heavy atom. The van der Waals surface area contributed by atoms with E-state index in [0.29, 0.717) is 36.4 Å². The van der Waals surface area contributed by atoms with Gasteiger partial charge in [0.25, 0.3) is 0 Å². The number of methoxy groups -OCH3 is 1. The zero-order valence-corrected chi connectivity index (χ0v) is 17.5. The van der Waals surface area contributed by atoms with E-state index in [1.165, 1.54) is 7.11 Å². The van der Waals surface area contributed by atoms with Crippen LogP contribution in [0.4, 0.5) is 5.69 Å². The van der Waals surface area contributed by atoms with E-state index in [4.69, 9.17) is 14.2 Å². The monoisotopic (exact) mass is 423 g/mol. The minimum absolute atomic E-state index is 0.0833. The topological polar surface area (TPSA) is 82.1 Å². The summed E-state index contributed by atoms with van der Waals surface area (Å²) in [5.41, 5.74) is 2.17. The molecule has 0 bridgehead atoms. The molecule has 0 aliphatic carbocycles. The van der Waals surface area contributed by atoms with E-state index in [9.17, 15) is 14.4 Å². The molecular formula is C24H25NO6. The number of hydrogen-bond donors (Lipinski definition) is 0. The molecule has 31 heavy (non-hydrogen) atoms. The lowest BCUT2D eigenvalue weighted by Gasteiger charge is -2.15. The molecule has 2 aromatic rings. The number of carbonyl (C=O) groups excluding carboxylic acids is 3. The van der Waals surface area contributed by atoms with Crippen LogP contribution in [-0.4, -0.2) is 44.5 Å². The Balaban J connectivity index is 1.48. The zero-order valence-electron chi connectivity index (χ0n) is 17.5. The Morgan fingerprint density at radius 3 is 2.52 bits per heavy atom. The normalized spacial score (nSPS) is 13.1. The lowest BCUT2D eigenvalue weighted by atomic mass is 10.1. The molecule has 162 valence electrons. The minimum Gasteiger partial charge on any atom is -0.493 e. The number of allylic oxidation sites excluding steroid dienone is 1. The first kappa shape index (κ1) is 22.1. The summed E-state index contributed by atoms with van der Waals surface area (Å²) in [6.45, 7) is 3.65. The summed E-state index contributed by atoms with van der Waals surface area (Å²) in [7, 11) is 1.52. The first-order chi connectivity index (χ1) is 15.0. The number of carbonyl (C=O) groups is 3. The molecule has 1 fully saturated rings. The third-order valence-electron chi connectivity index (χ3n) is 4.89. The molecule has 1 saturated heterocycles. The molecule has 3 rings (SSSR count). The van der Waals surface area contributed by atoms with Gasteiger partial charge in [0, 0.05) is 24.2 Å². The average molecular weight is 423 g/mol. The first-order valence-electron chi connectivity index (χ1n) is 10.0. The lowest BCUT2D eigenvalue weighted by Crippen LogP contribution is -2.23. The van der Waals surface area contributed by atoms with Crippen molar-refractivity contribution in [3.8, 4) is 11.5 Å². The molecule has 1 aliphatic heterocycles. The third-order valence-corrected chi connectivity index (χ3v) is 4.89. The van der Waals surface area contributed by atoms with E-state index in [2.05, 4.69) is 6.58 Å². The molecule has 7 heteroatoms. The standard InChI is InChI=1S/C24H25NO6/c1-3-5-17-7-12-21(22(14-17)29-2)30-16-24(28)31-15-20(26)18-8-10-19(11-9-18)25-13-4-6-23(25)27/h3,7-12,14H,1,4-6,13,15-16H2,2H3. The predicted molar refractivity (Wildman–Crippen MR) is 116 cm³/mol. The molecule has 1 amide bonds. The van der Waals surface area contributed by atoms with Crippen LogP contribution < -0.4 is 14.4 Å². The number of rotatable bonds is 10. The number of benzene rings is 2. The van der Waals surface area contributed by atoms with E-state index >= 15 is 0 Å². The highest BCUT2D eigenvalue weighted by atomic mass is 16.6. The molecule has 0 unspecified atom stereocenters. The van der Waals surface area contributed by atoms with Gasteiger partial charge in [-0.25, -0.2) is 4.79 Å². The maximum Gasteiger partial charge on any atom is 0.344 e. The van der Waals surface area contributed by atoms with Gasteiger partial charge >= 0.3 is 5.97 Å². The predicted octanol–water partition coefficient (Wildman–Crippen LogP) is 3.36. The van der Waals surface area contributed by atoms with Gasteiger partial charge < -0.3 is 19.1 Å². The molecule has 1 heterocycles. The van der Waals surface area contributed by atoms with Crippen LogP contribution >= 0.6 is 0 Å². The fourth-order valence-corrected chi connectivity index (χ4v) is 3.28. The highest BCUT2D eigenvalue weighted by Crippen LogP contribution is 2.28. The number of amides is 1. The van der Waals surface area contributed by atoms with Gasteiger partial charge in [-0.1, -0.05) is 12.1 Å². The van der Waals surface area contributed by atoms with E-state index in [1.807, 2.05) is 12.1 Å². The van der Waals surface area contributed by atoms with Crippen LogP contribution in [-0.2, 0) is 20.7 Å². The van der Waals surface area contributed by atoms with E-state index < -0.39 is 5.97 Å². The Morgan fingerprint density at radius 1 is 1.10 bits per heavy atom. The van der Waals surface area contributed by atoms with Crippen molar-refractivity contribution in [3.63, 3.8) is 0 Å². The number of hydrogen-bond acceptors (Lipinski definition) is 6. The Hall–Kier alpha value is -3.61. The summed E-state index contributed by atoms with van der Waals surface area (Å²) in [6.07, 6.45) is 3.85. The second-order valence-electron chi connectivity index (χ2n) is 7.05. The van der Waals surface area contributed by atoms with Crippen LogP contribution in [0.3, 0.4) is 0 Å². The maximum atomic E-state index is 12.3. The number of nitrogens with zero attached hydrogens (tertiary/aromatic N) is 1. The second kappa shape index (κ2) is 10.4. The summed E-state index contributed by atoms with van der Waals surface area (Å²) in [5, 5.41) is 0. The van der Waals surface area contributed by atoms with Crippen molar-refractivity contribution in [2.45, 2.75) is 19.3 Å². The first-order valence-corrected chi connectivity index (χ1v) is 10.0. The van der Waals surface area contributed by atoms with Crippen molar-refractivity contribution < 1.29 is 28.6 Å². The maximum absolute atomic E-state index is 12.3. The van der Waals surface area contributed by atoms with Crippen LogP contribution in [0.2, 0.25) is 0 Å². The van der Waals surface area contributed by atoms with Crippen LogP contribution in [0.1, 0.15) is 28.8 Å². The molecule has 0 spiro atoms. The zero-order chi connectivity index (χ0) is 22.2. The molecule has 0 aromatic heterocycles. The quantitative estimate of drug-likeness (QED) is 0.331. The second-order valence-corrected chi connectivity index (χ2v) is 7.05. The molecular weight excluding hydrogens is 398 g/mol. The summed E-state index contributed by atoms with van der Waals surface area (Å²) < 4.78 is 15.8. The number of Topliss-reactive ketones (excluding diaryl/α,β-unsaturated/α-hetero) is 1. The van der Waals surface area contributed by atoms with E-state index in [1.54, 1.807) is 41.3 Å². The van der Waals surface area contributed by atoms with Gasteiger partial charge in [0.05, 0.1) is 7.11 Å². The van der Waals surface area contributed by atoms with Crippen molar-refractivity contribution in [2.24, 2.45) is 0 Å². The van der Waals surface area contributed by atoms with Crippen molar-refractivity contribution in [1.82, 2.24) is 0 Å². The molecule has 0 radical (unpaired) electrons. The van der Waals surface area contributed by atoms with E-state index in [-0.39, 0.29) is 24.9 Å². The van der Waals surface area contributed by atoms with Gasteiger partial charge in [-0.15, -0.1) is 6.58 Å². The number of esters is 1. The van der Waals surface area contributed by atoms with Crippen molar-refractivity contribution in [3.05, 3.63) is 66.2 Å². The average Bonchev–Trinajstić information content (AvgIpc) is 3.22.